The van der Waals surface area contributed by atoms with Gasteiger partial charge in [0.1, 0.15) is 26.3 Å². The van der Waals surface area contributed by atoms with E-state index in [-0.39, 0.29) is 31.5 Å². The third-order valence-electron chi connectivity index (χ3n) is 6.96. The standard InChI is InChI=1S/C15H9BrFN5O2.C8H9FN2O.C7H2BrClN4/c1-18-12-6-22-14(21-12)9(16)5-20-15(22)19-4-8-10(17)2-3-11-13(8)24-7-23-11;9-6-1-2-7-8(5(6)3-10)11-4-12-7;1-10-5-3-13-6(12-5)4(8)2-11-7(13)9/h2-3,5-6H,4,7H2,(H,19,20);1-2,11H,3-4,10H2;2-3H. The number of benzene rings is 2. The summed E-state index contributed by atoms with van der Waals surface area (Å²) >= 11 is 12.4. The van der Waals surface area contributed by atoms with Crippen LogP contribution in [0.5, 0.6) is 17.2 Å². The predicted molar refractivity (Wildman–Crippen MR) is 182 cm³/mol. The van der Waals surface area contributed by atoms with Gasteiger partial charge in [0.05, 0.1) is 23.6 Å². The van der Waals surface area contributed by atoms with Gasteiger partial charge in [0.2, 0.25) is 29.3 Å². The van der Waals surface area contributed by atoms with E-state index in [2.05, 4.69) is 72.1 Å². The lowest BCUT2D eigenvalue weighted by Gasteiger charge is -2.10. The van der Waals surface area contributed by atoms with Crippen molar-refractivity contribution in [2.75, 3.05) is 24.2 Å². The highest BCUT2D eigenvalue weighted by Crippen LogP contribution is 2.37. The fourth-order valence-corrected chi connectivity index (χ4v) is 5.66. The van der Waals surface area contributed by atoms with E-state index in [0.717, 1.165) is 0 Å². The van der Waals surface area contributed by atoms with Gasteiger partial charge in [-0.05, 0) is 67.7 Å². The molecule has 2 aliphatic rings. The van der Waals surface area contributed by atoms with Crippen LogP contribution in [0.15, 0.2) is 58.0 Å². The Bertz CT molecular complexity index is 2270. The van der Waals surface area contributed by atoms with E-state index in [1.54, 1.807) is 39.7 Å². The first kappa shape index (κ1) is 33.6. The van der Waals surface area contributed by atoms with E-state index >= 15 is 0 Å². The van der Waals surface area contributed by atoms with Gasteiger partial charge in [0, 0.05) is 31.0 Å². The number of anilines is 2. The molecule has 4 N–H and O–H groups in total. The molecule has 0 fully saturated rings. The topological polar surface area (TPSA) is 147 Å². The lowest BCUT2D eigenvalue weighted by molar-refractivity contribution is 0.173. The number of nitrogens with one attached hydrogen (secondary N) is 2. The second kappa shape index (κ2) is 14.5. The molecule has 0 aliphatic carbocycles. The van der Waals surface area contributed by atoms with Crippen molar-refractivity contribution in [1.29, 1.82) is 0 Å². The zero-order valence-electron chi connectivity index (χ0n) is 24.7. The molecule has 6 aromatic rings. The predicted octanol–water partition coefficient (Wildman–Crippen LogP) is 7.26. The van der Waals surface area contributed by atoms with E-state index in [1.807, 2.05) is 0 Å². The molecule has 14 nitrogen and oxygen atoms in total. The van der Waals surface area contributed by atoms with Gasteiger partial charge in [-0.15, -0.1) is 0 Å². The fraction of sp³-hybridized carbons (Fsp3) is 0.133. The minimum absolute atomic E-state index is 0.0719. The second-order valence-corrected chi connectivity index (χ2v) is 11.8. The second-order valence-electron chi connectivity index (χ2n) is 9.80. The van der Waals surface area contributed by atoms with Crippen molar-refractivity contribution in [3.8, 4) is 17.2 Å². The Hall–Kier alpha value is -5.27. The van der Waals surface area contributed by atoms with E-state index in [4.69, 9.17) is 44.7 Å². The molecule has 2 aromatic carbocycles. The lowest BCUT2D eigenvalue weighted by atomic mass is 10.1. The summed E-state index contributed by atoms with van der Waals surface area (Å²) < 4.78 is 47.5. The molecule has 8 rings (SSSR count). The number of halogens is 5. The number of fused-ring (bicyclic) bond motifs is 4. The molecule has 248 valence electrons. The Morgan fingerprint density at radius 2 is 1.53 bits per heavy atom. The number of nitrogens with zero attached hydrogens (tertiary/aromatic N) is 8. The van der Waals surface area contributed by atoms with Crippen molar-refractivity contribution in [3.63, 3.8) is 0 Å². The average molecular weight is 816 g/mol. The van der Waals surface area contributed by atoms with Gasteiger partial charge >= 0.3 is 0 Å². The highest BCUT2D eigenvalue weighted by Gasteiger charge is 2.22. The highest BCUT2D eigenvalue weighted by molar-refractivity contribution is 9.11. The zero-order chi connectivity index (χ0) is 34.7. The minimum atomic E-state index is -0.396. The zero-order valence-corrected chi connectivity index (χ0v) is 28.6. The molecule has 0 amide bonds. The van der Waals surface area contributed by atoms with E-state index in [1.165, 1.54) is 18.2 Å². The van der Waals surface area contributed by atoms with Crippen molar-refractivity contribution < 1.29 is 23.0 Å². The van der Waals surface area contributed by atoms with Gasteiger partial charge in [0.15, 0.2) is 18.2 Å². The maximum Gasteiger partial charge on any atom is 0.288 e. The van der Waals surface area contributed by atoms with Gasteiger partial charge in [0.25, 0.3) is 11.6 Å². The summed E-state index contributed by atoms with van der Waals surface area (Å²) in [7, 11) is 0. The van der Waals surface area contributed by atoms with Gasteiger partial charge < -0.3 is 40.3 Å². The maximum absolute atomic E-state index is 14.1. The lowest BCUT2D eigenvalue weighted by Crippen LogP contribution is -2.08. The van der Waals surface area contributed by atoms with Crippen LogP contribution in [0.1, 0.15) is 11.1 Å². The van der Waals surface area contributed by atoms with Crippen LogP contribution in [-0.4, -0.2) is 42.3 Å². The summed E-state index contributed by atoms with van der Waals surface area (Å²) in [4.78, 5) is 22.9. The average Bonchev–Trinajstić information content (AvgIpc) is 3.93. The number of imidazole rings is 2. The Labute approximate surface area is 297 Å². The molecule has 0 atom stereocenters. The number of nitrogens with two attached hydrogens (primary N) is 1. The van der Waals surface area contributed by atoms with Crippen LogP contribution in [0.2, 0.25) is 5.28 Å². The Kier molecular flexibility index (Phi) is 9.92. The first-order valence-electron chi connectivity index (χ1n) is 13.9. The summed E-state index contributed by atoms with van der Waals surface area (Å²) in [5, 5.41) is 6.26. The third kappa shape index (κ3) is 6.85. The maximum atomic E-state index is 14.1. The van der Waals surface area contributed by atoms with Gasteiger partial charge in [-0.1, -0.05) is 23.1 Å². The van der Waals surface area contributed by atoms with Crippen molar-refractivity contribution in [2.24, 2.45) is 5.73 Å². The van der Waals surface area contributed by atoms with E-state index in [0.29, 0.717) is 78.1 Å². The summed E-state index contributed by atoms with van der Waals surface area (Å²) in [6.07, 6.45) is 6.23. The monoisotopic (exact) mass is 813 g/mol. The van der Waals surface area contributed by atoms with Crippen LogP contribution in [-0.2, 0) is 13.1 Å². The van der Waals surface area contributed by atoms with E-state index in [9.17, 15) is 8.78 Å². The molecule has 19 heteroatoms. The van der Waals surface area contributed by atoms with Crippen LogP contribution in [0, 0.1) is 24.8 Å². The third-order valence-corrected chi connectivity index (χ3v) is 8.36. The highest BCUT2D eigenvalue weighted by atomic mass is 79.9. The molecule has 4 aromatic heterocycles. The summed E-state index contributed by atoms with van der Waals surface area (Å²) in [6.45, 7) is 14.7. The van der Waals surface area contributed by atoms with Gasteiger partial charge in [-0.3, -0.25) is 8.80 Å². The molecule has 49 heavy (non-hydrogen) atoms. The summed E-state index contributed by atoms with van der Waals surface area (Å²) in [6, 6.07) is 5.84. The van der Waals surface area contributed by atoms with Crippen LogP contribution in [0.4, 0.5) is 32.1 Å². The van der Waals surface area contributed by atoms with Crippen molar-refractivity contribution in [3.05, 3.63) is 109 Å². The molecular formula is C30H20Br2ClF2N11O3. The fourth-order valence-electron chi connectivity index (χ4n) is 4.72. The molecule has 0 bridgehead atoms. The van der Waals surface area contributed by atoms with Crippen LogP contribution in [0.25, 0.3) is 21.0 Å². The van der Waals surface area contributed by atoms with Gasteiger partial charge in [-0.2, -0.15) is 0 Å². The molecule has 2 aliphatic heterocycles. The molecule has 6 heterocycles. The quantitative estimate of drug-likeness (QED) is 0.123. The van der Waals surface area contributed by atoms with Gasteiger partial charge in [-0.25, -0.2) is 18.7 Å². The van der Waals surface area contributed by atoms with Crippen LogP contribution >= 0.6 is 43.5 Å². The SMILES string of the molecule is NCc1c(F)ccc2c1NCO2.[C-]#[N+]c1cn2c(Cl)ncc(Br)c2n1.[C-]#[N+]c1cn2c(NCc3c(F)ccc4c3OCO4)ncc(Br)c2n1. The largest absolute Gasteiger partial charge is 0.471 e. The summed E-state index contributed by atoms with van der Waals surface area (Å²) in [5.74, 6) is 1.89. The van der Waals surface area contributed by atoms with Crippen molar-refractivity contribution >= 4 is 78.0 Å². The molecule has 0 saturated heterocycles. The smallest absolute Gasteiger partial charge is 0.288 e. The molecule has 0 unspecified atom stereocenters. The van der Waals surface area contributed by atoms with Crippen molar-refractivity contribution in [2.45, 2.75) is 13.1 Å². The first-order valence-corrected chi connectivity index (χ1v) is 15.8. The Balaban J connectivity index is 0.000000140. The molecule has 0 saturated carbocycles. The van der Waals surface area contributed by atoms with Crippen LogP contribution < -0.4 is 30.6 Å². The molecular weight excluding hydrogens is 796 g/mol. The number of aromatic nitrogens is 6. The first-order chi connectivity index (χ1) is 23.7. The number of ether oxygens (including phenoxy) is 3. The Morgan fingerprint density at radius 1 is 0.898 bits per heavy atom. The minimum Gasteiger partial charge on any atom is -0.471 e. The Morgan fingerprint density at radius 3 is 2.20 bits per heavy atom. The number of hydrogen-bond donors (Lipinski definition) is 3. The molecule has 0 spiro atoms. The molecule has 0 radical (unpaired) electrons. The van der Waals surface area contributed by atoms with Crippen molar-refractivity contribution in [1.82, 2.24) is 28.7 Å². The number of rotatable bonds is 4. The van der Waals surface area contributed by atoms with E-state index < -0.39 is 5.82 Å². The summed E-state index contributed by atoms with van der Waals surface area (Å²) in [5.41, 5.74) is 8.08. The number of hydrogen-bond acceptors (Lipinski definition) is 10. The normalized spacial score (nSPS) is 12.1. The van der Waals surface area contributed by atoms with Crippen LogP contribution in [0.3, 0.4) is 0 Å².